The first-order valence-electron chi connectivity index (χ1n) is 5.56. The topological polar surface area (TPSA) is 42.0 Å². The van der Waals surface area contributed by atoms with Gasteiger partial charge in [0.2, 0.25) is 0 Å². The van der Waals surface area contributed by atoms with Gasteiger partial charge in [-0.1, -0.05) is 0 Å². The van der Waals surface area contributed by atoms with Crippen molar-refractivity contribution >= 4 is 34.2 Å². The molecule has 0 fully saturated rings. The molecule has 1 aromatic heterocycles. The summed E-state index contributed by atoms with van der Waals surface area (Å²) in [5.41, 5.74) is 3.62. The Morgan fingerprint density at radius 3 is 2.72 bits per heavy atom. The highest BCUT2D eigenvalue weighted by Gasteiger charge is 2.08. The molecule has 0 saturated carbocycles. The predicted molar refractivity (Wildman–Crippen MR) is 80.8 cm³/mol. The van der Waals surface area contributed by atoms with Crippen LogP contribution in [0.1, 0.15) is 21.5 Å². The molecule has 0 aliphatic carbocycles. The van der Waals surface area contributed by atoms with Gasteiger partial charge in [0.1, 0.15) is 0 Å². The molecule has 0 spiro atoms. The Morgan fingerprint density at radius 2 is 2.06 bits per heavy atom. The number of aromatic nitrogens is 1. The van der Waals surface area contributed by atoms with Crippen LogP contribution in [0.4, 0.5) is 5.69 Å². The number of rotatable bonds is 2. The lowest BCUT2D eigenvalue weighted by Crippen LogP contribution is -2.13. The van der Waals surface area contributed by atoms with Gasteiger partial charge in [0.25, 0.3) is 5.91 Å². The van der Waals surface area contributed by atoms with Crippen molar-refractivity contribution < 1.29 is 4.79 Å². The summed E-state index contributed by atoms with van der Waals surface area (Å²) in [5, 5.41) is 2.91. The monoisotopic (exact) mass is 352 g/mol. The van der Waals surface area contributed by atoms with E-state index in [0.29, 0.717) is 5.56 Å². The van der Waals surface area contributed by atoms with Gasteiger partial charge in [-0.15, -0.1) is 0 Å². The van der Waals surface area contributed by atoms with E-state index in [4.69, 9.17) is 0 Å². The molecule has 0 unspecified atom stereocenters. The van der Waals surface area contributed by atoms with Gasteiger partial charge in [-0.05, 0) is 71.8 Å². The molecular formula is C14H13IN2O. The Balaban J connectivity index is 2.25. The fraction of sp³-hybridized carbons (Fsp3) is 0.143. The number of anilines is 1. The normalized spacial score (nSPS) is 10.2. The number of benzene rings is 1. The van der Waals surface area contributed by atoms with Crippen molar-refractivity contribution in [3.05, 3.63) is 56.9 Å². The number of amides is 1. The van der Waals surface area contributed by atoms with Gasteiger partial charge in [-0.25, -0.2) is 0 Å². The Labute approximate surface area is 120 Å². The minimum atomic E-state index is -0.133. The molecule has 0 aliphatic rings. The SMILES string of the molecule is Cc1cc(NC(=O)c2cccnc2)c(C)cc1I. The van der Waals surface area contributed by atoms with E-state index in [0.717, 1.165) is 16.8 Å². The highest BCUT2D eigenvalue weighted by atomic mass is 127. The number of pyridine rings is 1. The van der Waals surface area contributed by atoms with Gasteiger partial charge < -0.3 is 5.32 Å². The average molecular weight is 352 g/mol. The molecule has 0 saturated heterocycles. The molecular weight excluding hydrogens is 339 g/mol. The molecule has 0 aliphatic heterocycles. The lowest BCUT2D eigenvalue weighted by atomic mass is 10.1. The standard InChI is InChI=1S/C14H13IN2O/c1-9-7-13(10(2)6-12(9)15)17-14(18)11-4-3-5-16-8-11/h3-8H,1-2H3,(H,17,18). The molecule has 0 radical (unpaired) electrons. The maximum Gasteiger partial charge on any atom is 0.257 e. The number of nitrogens with zero attached hydrogens (tertiary/aromatic N) is 1. The molecule has 1 aromatic carbocycles. The van der Waals surface area contributed by atoms with E-state index in [2.05, 4.69) is 39.0 Å². The first-order valence-corrected chi connectivity index (χ1v) is 6.64. The van der Waals surface area contributed by atoms with Crippen LogP contribution in [0.25, 0.3) is 0 Å². The summed E-state index contributed by atoms with van der Waals surface area (Å²) in [5.74, 6) is -0.133. The first kappa shape index (κ1) is 13.0. The van der Waals surface area contributed by atoms with Crippen LogP contribution in [0.2, 0.25) is 0 Å². The molecule has 0 atom stereocenters. The number of carbonyl (C=O) groups is 1. The number of aryl methyl sites for hydroxylation is 2. The molecule has 18 heavy (non-hydrogen) atoms. The van der Waals surface area contributed by atoms with E-state index in [1.807, 2.05) is 19.9 Å². The van der Waals surface area contributed by atoms with E-state index in [9.17, 15) is 4.79 Å². The number of nitrogens with one attached hydrogen (secondary N) is 1. The second kappa shape index (κ2) is 5.48. The molecule has 0 bridgehead atoms. The second-order valence-corrected chi connectivity index (χ2v) is 5.27. The van der Waals surface area contributed by atoms with Crippen molar-refractivity contribution in [1.29, 1.82) is 0 Å². The zero-order valence-corrected chi connectivity index (χ0v) is 12.4. The van der Waals surface area contributed by atoms with Gasteiger partial charge in [0, 0.05) is 21.7 Å². The van der Waals surface area contributed by atoms with Crippen LogP contribution in [-0.2, 0) is 0 Å². The highest BCUT2D eigenvalue weighted by Crippen LogP contribution is 2.22. The Bertz CT molecular complexity index is 582. The summed E-state index contributed by atoms with van der Waals surface area (Å²) < 4.78 is 1.20. The van der Waals surface area contributed by atoms with Crippen LogP contribution in [-0.4, -0.2) is 10.9 Å². The Morgan fingerprint density at radius 1 is 1.28 bits per heavy atom. The van der Waals surface area contributed by atoms with E-state index in [1.165, 1.54) is 3.57 Å². The van der Waals surface area contributed by atoms with E-state index < -0.39 is 0 Å². The van der Waals surface area contributed by atoms with Crippen LogP contribution < -0.4 is 5.32 Å². The smallest absolute Gasteiger partial charge is 0.257 e. The number of hydrogen-bond acceptors (Lipinski definition) is 2. The van der Waals surface area contributed by atoms with Gasteiger partial charge in [0.15, 0.2) is 0 Å². The molecule has 4 heteroatoms. The van der Waals surface area contributed by atoms with Crippen LogP contribution in [0.3, 0.4) is 0 Å². The average Bonchev–Trinajstić information content (AvgIpc) is 2.37. The van der Waals surface area contributed by atoms with E-state index in [-0.39, 0.29) is 5.91 Å². The minimum Gasteiger partial charge on any atom is -0.322 e. The lowest BCUT2D eigenvalue weighted by Gasteiger charge is -2.10. The number of carbonyl (C=O) groups excluding carboxylic acids is 1. The maximum absolute atomic E-state index is 12.0. The van der Waals surface area contributed by atoms with Crippen LogP contribution in [0.5, 0.6) is 0 Å². The van der Waals surface area contributed by atoms with E-state index >= 15 is 0 Å². The van der Waals surface area contributed by atoms with Crippen LogP contribution in [0.15, 0.2) is 36.7 Å². The molecule has 2 rings (SSSR count). The summed E-state index contributed by atoms with van der Waals surface area (Å²) >= 11 is 2.29. The van der Waals surface area contributed by atoms with E-state index in [1.54, 1.807) is 24.5 Å². The Kier molecular flexibility index (Phi) is 3.96. The molecule has 1 N–H and O–H groups in total. The molecule has 2 aromatic rings. The van der Waals surface area contributed by atoms with Crippen molar-refractivity contribution in [2.75, 3.05) is 5.32 Å². The highest BCUT2D eigenvalue weighted by molar-refractivity contribution is 14.1. The Hall–Kier alpha value is -1.43. The first-order chi connectivity index (χ1) is 8.58. The van der Waals surface area contributed by atoms with Crippen molar-refractivity contribution in [2.45, 2.75) is 13.8 Å². The third kappa shape index (κ3) is 2.87. The number of hydrogen-bond donors (Lipinski definition) is 1. The third-order valence-electron chi connectivity index (χ3n) is 2.68. The van der Waals surface area contributed by atoms with Gasteiger partial charge in [-0.3, -0.25) is 9.78 Å². The third-order valence-corrected chi connectivity index (χ3v) is 3.84. The summed E-state index contributed by atoms with van der Waals surface area (Å²) in [6.07, 6.45) is 3.21. The van der Waals surface area contributed by atoms with Gasteiger partial charge in [0.05, 0.1) is 5.56 Å². The van der Waals surface area contributed by atoms with Gasteiger partial charge in [-0.2, -0.15) is 0 Å². The van der Waals surface area contributed by atoms with Crippen molar-refractivity contribution in [2.24, 2.45) is 0 Å². The molecule has 1 heterocycles. The number of halogens is 1. The fourth-order valence-electron chi connectivity index (χ4n) is 1.61. The molecule has 92 valence electrons. The summed E-state index contributed by atoms with van der Waals surface area (Å²) in [7, 11) is 0. The van der Waals surface area contributed by atoms with Crippen molar-refractivity contribution in [3.63, 3.8) is 0 Å². The zero-order chi connectivity index (χ0) is 13.1. The van der Waals surface area contributed by atoms with Crippen LogP contribution in [0, 0.1) is 17.4 Å². The fourth-order valence-corrected chi connectivity index (χ4v) is 2.23. The largest absolute Gasteiger partial charge is 0.322 e. The summed E-state index contributed by atoms with van der Waals surface area (Å²) in [6.45, 7) is 4.02. The van der Waals surface area contributed by atoms with Crippen molar-refractivity contribution in [1.82, 2.24) is 4.98 Å². The zero-order valence-electron chi connectivity index (χ0n) is 10.2. The van der Waals surface area contributed by atoms with Crippen molar-refractivity contribution in [3.8, 4) is 0 Å². The minimum absolute atomic E-state index is 0.133. The molecule has 3 nitrogen and oxygen atoms in total. The lowest BCUT2D eigenvalue weighted by molar-refractivity contribution is 0.102. The predicted octanol–water partition coefficient (Wildman–Crippen LogP) is 3.56. The second-order valence-electron chi connectivity index (χ2n) is 4.11. The quantitative estimate of drug-likeness (QED) is 0.840. The molecule has 1 amide bonds. The summed E-state index contributed by atoms with van der Waals surface area (Å²) in [6, 6.07) is 7.55. The summed E-state index contributed by atoms with van der Waals surface area (Å²) in [4.78, 5) is 15.9. The van der Waals surface area contributed by atoms with Crippen LogP contribution >= 0.6 is 22.6 Å². The van der Waals surface area contributed by atoms with Gasteiger partial charge >= 0.3 is 0 Å². The maximum atomic E-state index is 12.0.